The Morgan fingerprint density at radius 2 is 1.86 bits per heavy atom. The van der Waals surface area contributed by atoms with Crippen LogP contribution < -0.4 is 15.0 Å². The van der Waals surface area contributed by atoms with Gasteiger partial charge in [-0.3, -0.25) is 0 Å². The molecule has 0 aliphatic carbocycles. The number of rotatable bonds is 6. The van der Waals surface area contributed by atoms with Crippen molar-refractivity contribution in [3.63, 3.8) is 0 Å². The minimum atomic E-state index is 0.157. The first kappa shape index (κ1) is 15.3. The van der Waals surface area contributed by atoms with E-state index in [4.69, 9.17) is 16.3 Å². The SMILES string of the molecule is CCN(CC)c1nc(Cl)nc(Nc2ccccc2OC)n1. The molecule has 0 amide bonds. The van der Waals surface area contributed by atoms with Crippen LogP contribution in [0.4, 0.5) is 17.6 Å². The third-order valence-electron chi connectivity index (χ3n) is 3.00. The van der Waals surface area contributed by atoms with Gasteiger partial charge in [-0.25, -0.2) is 0 Å². The molecule has 21 heavy (non-hydrogen) atoms. The van der Waals surface area contributed by atoms with Crippen LogP contribution in [0.15, 0.2) is 24.3 Å². The van der Waals surface area contributed by atoms with Crippen LogP contribution in [-0.4, -0.2) is 35.2 Å². The zero-order valence-electron chi connectivity index (χ0n) is 12.3. The molecule has 0 radical (unpaired) electrons. The van der Waals surface area contributed by atoms with Crippen molar-refractivity contribution in [1.29, 1.82) is 0 Å². The van der Waals surface area contributed by atoms with E-state index in [1.165, 1.54) is 0 Å². The molecule has 0 atom stereocenters. The normalized spacial score (nSPS) is 10.3. The van der Waals surface area contributed by atoms with E-state index in [1.807, 2.05) is 43.0 Å². The van der Waals surface area contributed by atoms with Crippen molar-refractivity contribution in [3.8, 4) is 5.75 Å². The van der Waals surface area contributed by atoms with Gasteiger partial charge in [0.05, 0.1) is 12.8 Å². The fourth-order valence-corrected chi connectivity index (χ4v) is 2.07. The van der Waals surface area contributed by atoms with Crippen molar-refractivity contribution in [1.82, 2.24) is 15.0 Å². The highest BCUT2D eigenvalue weighted by molar-refractivity contribution is 6.28. The van der Waals surface area contributed by atoms with Crippen molar-refractivity contribution in [2.24, 2.45) is 0 Å². The number of methoxy groups -OCH3 is 1. The number of hydrogen-bond acceptors (Lipinski definition) is 6. The van der Waals surface area contributed by atoms with Crippen LogP contribution in [0.2, 0.25) is 5.28 Å². The summed E-state index contributed by atoms with van der Waals surface area (Å²) in [6, 6.07) is 7.54. The van der Waals surface area contributed by atoms with Crippen LogP contribution in [0, 0.1) is 0 Å². The molecule has 1 N–H and O–H groups in total. The highest BCUT2D eigenvalue weighted by atomic mass is 35.5. The van der Waals surface area contributed by atoms with Gasteiger partial charge in [-0.1, -0.05) is 12.1 Å². The van der Waals surface area contributed by atoms with Crippen LogP contribution in [-0.2, 0) is 0 Å². The van der Waals surface area contributed by atoms with Gasteiger partial charge in [0.1, 0.15) is 5.75 Å². The number of anilines is 3. The molecule has 1 aromatic heterocycles. The molecule has 7 heteroatoms. The highest BCUT2D eigenvalue weighted by Crippen LogP contribution is 2.26. The predicted molar refractivity (Wildman–Crippen MR) is 84.7 cm³/mol. The first-order chi connectivity index (χ1) is 10.2. The van der Waals surface area contributed by atoms with E-state index in [9.17, 15) is 0 Å². The summed E-state index contributed by atoms with van der Waals surface area (Å²) in [5.41, 5.74) is 0.771. The maximum Gasteiger partial charge on any atom is 0.233 e. The zero-order chi connectivity index (χ0) is 15.2. The average Bonchev–Trinajstić information content (AvgIpc) is 2.48. The van der Waals surface area contributed by atoms with E-state index in [2.05, 4.69) is 20.3 Å². The third kappa shape index (κ3) is 3.72. The van der Waals surface area contributed by atoms with Gasteiger partial charge in [-0.05, 0) is 37.6 Å². The zero-order valence-corrected chi connectivity index (χ0v) is 13.1. The van der Waals surface area contributed by atoms with Crippen LogP contribution in [0.3, 0.4) is 0 Å². The molecule has 0 saturated heterocycles. The van der Waals surface area contributed by atoms with Gasteiger partial charge in [0, 0.05) is 13.1 Å². The molecule has 0 fully saturated rings. The summed E-state index contributed by atoms with van der Waals surface area (Å²) in [6.45, 7) is 5.67. The molecule has 0 unspecified atom stereocenters. The number of hydrogen-bond donors (Lipinski definition) is 1. The fraction of sp³-hybridized carbons (Fsp3) is 0.357. The second-order valence-corrected chi connectivity index (χ2v) is 4.56. The lowest BCUT2D eigenvalue weighted by atomic mass is 10.3. The van der Waals surface area contributed by atoms with Gasteiger partial charge in [0.2, 0.25) is 17.2 Å². The Labute approximate surface area is 129 Å². The van der Waals surface area contributed by atoms with E-state index >= 15 is 0 Å². The predicted octanol–water partition coefficient (Wildman–Crippen LogP) is 3.12. The summed E-state index contributed by atoms with van der Waals surface area (Å²) in [7, 11) is 1.61. The molecule has 112 valence electrons. The van der Waals surface area contributed by atoms with Crippen molar-refractivity contribution in [2.45, 2.75) is 13.8 Å². The van der Waals surface area contributed by atoms with Crippen molar-refractivity contribution < 1.29 is 4.74 Å². The van der Waals surface area contributed by atoms with Crippen LogP contribution in [0.1, 0.15) is 13.8 Å². The summed E-state index contributed by atoms with van der Waals surface area (Å²) < 4.78 is 5.29. The Balaban J connectivity index is 2.32. The summed E-state index contributed by atoms with van der Waals surface area (Å²) in [5.74, 6) is 1.65. The molecule has 1 heterocycles. The summed E-state index contributed by atoms with van der Waals surface area (Å²) in [5, 5.41) is 3.27. The van der Waals surface area contributed by atoms with Crippen molar-refractivity contribution >= 4 is 29.2 Å². The Kier molecular flexibility index (Phi) is 5.16. The van der Waals surface area contributed by atoms with Gasteiger partial charge < -0.3 is 15.0 Å². The number of para-hydroxylation sites is 2. The first-order valence-electron chi connectivity index (χ1n) is 6.74. The lowest BCUT2D eigenvalue weighted by Gasteiger charge is -2.19. The van der Waals surface area contributed by atoms with Gasteiger partial charge in [-0.15, -0.1) is 0 Å². The van der Waals surface area contributed by atoms with E-state index in [1.54, 1.807) is 7.11 Å². The van der Waals surface area contributed by atoms with Gasteiger partial charge in [-0.2, -0.15) is 15.0 Å². The standard InChI is InChI=1S/C14H18ClN5O/c1-4-20(5-2)14-18-12(15)17-13(19-14)16-10-8-6-7-9-11(10)21-3/h6-9H,4-5H2,1-3H3,(H,16,17,18,19). The van der Waals surface area contributed by atoms with E-state index < -0.39 is 0 Å². The minimum Gasteiger partial charge on any atom is -0.495 e. The average molecular weight is 308 g/mol. The Morgan fingerprint density at radius 3 is 2.52 bits per heavy atom. The largest absolute Gasteiger partial charge is 0.495 e. The Bertz CT molecular complexity index is 604. The maximum absolute atomic E-state index is 5.99. The van der Waals surface area contributed by atoms with Gasteiger partial charge in [0.15, 0.2) is 0 Å². The number of aromatic nitrogens is 3. The van der Waals surface area contributed by atoms with Crippen LogP contribution in [0.25, 0.3) is 0 Å². The molecule has 2 rings (SSSR count). The molecule has 6 nitrogen and oxygen atoms in total. The number of benzene rings is 1. The second-order valence-electron chi connectivity index (χ2n) is 4.23. The number of nitrogens with one attached hydrogen (secondary N) is 1. The smallest absolute Gasteiger partial charge is 0.233 e. The van der Waals surface area contributed by atoms with Crippen LogP contribution >= 0.6 is 11.6 Å². The number of halogens is 1. The van der Waals surface area contributed by atoms with Gasteiger partial charge in [0.25, 0.3) is 0 Å². The van der Waals surface area contributed by atoms with Crippen molar-refractivity contribution in [2.75, 3.05) is 30.4 Å². The van der Waals surface area contributed by atoms with Crippen molar-refractivity contribution in [3.05, 3.63) is 29.5 Å². The second kappa shape index (κ2) is 7.08. The number of nitrogens with zero attached hydrogens (tertiary/aromatic N) is 4. The molecule has 0 aliphatic heterocycles. The highest BCUT2D eigenvalue weighted by Gasteiger charge is 2.11. The Morgan fingerprint density at radius 1 is 1.14 bits per heavy atom. The number of ether oxygens (including phenoxy) is 1. The molecule has 0 spiro atoms. The minimum absolute atomic E-state index is 0.157. The lowest BCUT2D eigenvalue weighted by molar-refractivity contribution is 0.417. The molecule has 0 aliphatic rings. The molecule has 0 bridgehead atoms. The summed E-state index contributed by atoms with van der Waals surface area (Å²) >= 11 is 5.99. The monoisotopic (exact) mass is 307 g/mol. The topological polar surface area (TPSA) is 63.2 Å². The third-order valence-corrected chi connectivity index (χ3v) is 3.17. The summed E-state index contributed by atoms with van der Waals surface area (Å²) in [6.07, 6.45) is 0. The van der Waals surface area contributed by atoms with E-state index in [-0.39, 0.29) is 5.28 Å². The molecular weight excluding hydrogens is 290 g/mol. The molecular formula is C14H18ClN5O. The van der Waals surface area contributed by atoms with E-state index in [0.717, 1.165) is 18.8 Å². The van der Waals surface area contributed by atoms with Gasteiger partial charge >= 0.3 is 0 Å². The summed E-state index contributed by atoms with van der Waals surface area (Å²) in [4.78, 5) is 14.7. The van der Waals surface area contributed by atoms with Crippen LogP contribution in [0.5, 0.6) is 5.75 Å². The lowest BCUT2D eigenvalue weighted by Crippen LogP contribution is -2.24. The maximum atomic E-state index is 5.99. The molecule has 2 aromatic rings. The fourth-order valence-electron chi connectivity index (χ4n) is 1.91. The first-order valence-corrected chi connectivity index (χ1v) is 7.12. The van der Waals surface area contributed by atoms with E-state index in [0.29, 0.717) is 17.6 Å². The molecule has 0 saturated carbocycles. The quantitative estimate of drug-likeness (QED) is 0.884. The molecule has 1 aromatic carbocycles. The Hall–Kier alpha value is -2.08.